The summed E-state index contributed by atoms with van der Waals surface area (Å²) in [4.78, 5) is 34.0. The summed E-state index contributed by atoms with van der Waals surface area (Å²) in [5.74, 6) is -0.213. The normalized spacial score (nSPS) is 23.2. The Labute approximate surface area is 235 Å². The van der Waals surface area contributed by atoms with Crippen LogP contribution >= 0.6 is 0 Å². The van der Waals surface area contributed by atoms with Gasteiger partial charge in [0.25, 0.3) is 5.91 Å². The molecule has 3 N–H and O–H groups in total. The van der Waals surface area contributed by atoms with Crippen molar-refractivity contribution in [3.63, 3.8) is 0 Å². The smallest absolute Gasteiger partial charge is 0.407 e. The summed E-state index contributed by atoms with van der Waals surface area (Å²) in [6.07, 6.45) is 4.69. The average molecular weight is 546 g/mol. The van der Waals surface area contributed by atoms with Crippen LogP contribution in [-0.2, 0) is 6.42 Å². The highest BCUT2D eigenvalue weighted by Gasteiger charge is 2.42. The topological polar surface area (TPSA) is 111 Å². The number of aliphatic hydroxyl groups is 1. The molecule has 3 aromatic rings. The third-order valence-corrected chi connectivity index (χ3v) is 8.35. The van der Waals surface area contributed by atoms with E-state index in [0.29, 0.717) is 30.8 Å². The van der Waals surface area contributed by atoms with Gasteiger partial charge in [-0.05, 0) is 31.4 Å². The Bertz CT molecular complexity index is 1300. The van der Waals surface area contributed by atoms with E-state index in [9.17, 15) is 19.8 Å². The fraction of sp³-hybridized carbons (Fsp3) is 0.452. The fourth-order valence-corrected chi connectivity index (χ4v) is 6.28. The number of carbonyl (C=O) groups is 2. The molecule has 1 aliphatic heterocycles. The summed E-state index contributed by atoms with van der Waals surface area (Å²) in [6.45, 7) is 4.04. The van der Waals surface area contributed by atoms with E-state index < -0.39 is 11.7 Å². The molecule has 212 valence electrons. The second-order valence-corrected chi connectivity index (χ2v) is 10.9. The summed E-state index contributed by atoms with van der Waals surface area (Å²) in [5.41, 5.74) is 1.99. The number of benzene rings is 2. The molecule has 0 radical (unpaired) electrons. The van der Waals surface area contributed by atoms with Gasteiger partial charge in [0.2, 0.25) is 0 Å². The van der Waals surface area contributed by atoms with Crippen molar-refractivity contribution in [1.29, 1.82) is 0 Å². The van der Waals surface area contributed by atoms with E-state index in [-0.39, 0.29) is 37.6 Å². The van der Waals surface area contributed by atoms with Crippen LogP contribution in [0.25, 0.3) is 11.3 Å². The molecule has 5 rings (SSSR count). The Morgan fingerprint density at radius 3 is 2.48 bits per heavy atom. The molecule has 0 spiro atoms. The predicted octanol–water partition coefficient (Wildman–Crippen LogP) is 4.05. The molecule has 9 nitrogen and oxygen atoms in total. The lowest BCUT2D eigenvalue weighted by Gasteiger charge is -2.42. The Kier molecular flexibility index (Phi) is 8.52. The zero-order valence-corrected chi connectivity index (χ0v) is 23.1. The van der Waals surface area contributed by atoms with Gasteiger partial charge in [0.15, 0.2) is 5.69 Å². The molecule has 1 aromatic heterocycles. The van der Waals surface area contributed by atoms with Gasteiger partial charge in [0, 0.05) is 31.7 Å². The van der Waals surface area contributed by atoms with E-state index in [1.165, 1.54) is 4.90 Å². The van der Waals surface area contributed by atoms with Gasteiger partial charge < -0.3 is 29.9 Å². The lowest BCUT2D eigenvalue weighted by atomic mass is 9.79. The first-order chi connectivity index (χ1) is 19.4. The summed E-state index contributed by atoms with van der Waals surface area (Å²) >= 11 is 0. The third-order valence-electron chi connectivity index (χ3n) is 8.35. The molecule has 1 saturated carbocycles. The predicted molar refractivity (Wildman–Crippen MR) is 153 cm³/mol. The maximum atomic E-state index is 14.3. The number of imidazole rings is 1. The second kappa shape index (κ2) is 12.2. The minimum atomic E-state index is -0.975. The monoisotopic (exact) mass is 545 g/mol. The molecule has 2 fully saturated rings. The zero-order valence-electron chi connectivity index (χ0n) is 23.1. The minimum Gasteiger partial charge on any atom is -0.465 e. The van der Waals surface area contributed by atoms with Crippen molar-refractivity contribution in [3.05, 3.63) is 78.2 Å². The Morgan fingerprint density at radius 2 is 1.77 bits per heavy atom. The van der Waals surface area contributed by atoms with Crippen LogP contribution in [0.1, 0.15) is 54.7 Å². The number of carbonyl (C=O) groups excluding carboxylic acids is 1. The van der Waals surface area contributed by atoms with Gasteiger partial charge >= 0.3 is 6.09 Å². The SMILES string of the molecule is CCNCC1(O)CCCCC1n1cnc(C(=O)N2CCN(C(=O)O)C[C@H]2Cc2ccccc2)c1-c1ccccc1. The third kappa shape index (κ3) is 5.76. The quantitative estimate of drug-likeness (QED) is 0.394. The van der Waals surface area contributed by atoms with Crippen LogP contribution in [0.4, 0.5) is 4.79 Å². The lowest BCUT2D eigenvalue weighted by molar-refractivity contribution is -0.0391. The van der Waals surface area contributed by atoms with Crippen LogP contribution in [0.5, 0.6) is 0 Å². The van der Waals surface area contributed by atoms with Gasteiger partial charge in [-0.25, -0.2) is 9.78 Å². The van der Waals surface area contributed by atoms with Crippen LogP contribution in [0.15, 0.2) is 67.0 Å². The molecule has 0 bridgehead atoms. The average Bonchev–Trinajstić information content (AvgIpc) is 3.42. The van der Waals surface area contributed by atoms with Gasteiger partial charge in [-0.15, -0.1) is 0 Å². The summed E-state index contributed by atoms with van der Waals surface area (Å²) in [5, 5.41) is 24.8. The van der Waals surface area contributed by atoms with Gasteiger partial charge in [-0.1, -0.05) is 80.4 Å². The van der Waals surface area contributed by atoms with Crippen molar-refractivity contribution in [2.24, 2.45) is 0 Å². The molecular weight excluding hydrogens is 506 g/mol. The Morgan fingerprint density at radius 1 is 1.05 bits per heavy atom. The van der Waals surface area contributed by atoms with Crippen LogP contribution in [0, 0.1) is 0 Å². The number of aromatic nitrogens is 2. The van der Waals surface area contributed by atoms with Gasteiger partial charge in [0.1, 0.15) is 0 Å². The lowest BCUT2D eigenvalue weighted by Crippen LogP contribution is -2.57. The van der Waals surface area contributed by atoms with Crippen molar-refractivity contribution in [2.75, 3.05) is 32.7 Å². The summed E-state index contributed by atoms with van der Waals surface area (Å²) < 4.78 is 2.01. The van der Waals surface area contributed by atoms with Crippen LogP contribution < -0.4 is 5.32 Å². The first-order valence-electron chi connectivity index (χ1n) is 14.3. The number of hydrogen-bond acceptors (Lipinski definition) is 5. The number of amides is 2. The Balaban J connectivity index is 1.53. The van der Waals surface area contributed by atoms with Crippen molar-refractivity contribution in [3.8, 4) is 11.3 Å². The molecule has 2 unspecified atom stereocenters. The molecule has 2 aromatic carbocycles. The molecule has 3 atom stereocenters. The highest BCUT2D eigenvalue weighted by Crippen LogP contribution is 2.40. The molecular formula is C31H39N5O4. The first kappa shape index (κ1) is 27.9. The number of nitrogens with one attached hydrogen (secondary N) is 1. The maximum absolute atomic E-state index is 14.3. The van der Waals surface area contributed by atoms with Crippen LogP contribution in [-0.4, -0.2) is 85.9 Å². The number of nitrogens with zero attached hydrogens (tertiary/aromatic N) is 4. The van der Waals surface area contributed by atoms with E-state index in [0.717, 1.165) is 36.9 Å². The van der Waals surface area contributed by atoms with Crippen molar-refractivity contribution in [2.45, 2.75) is 56.7 Å². The number of carboxylic acid groups (broad SMARTS) is 1. The number of likely N-dealkylation sites (N-methyl/N-ethyl adjacent to an activating group) is 1. The van der Waals surface area contributed by atoms with Crippen LogP contribution in [0.3, 0.4) is 0 Å². The van der Waals surface area contributed by atoms with Gasteiger partial charge in [-0.3, -0.25) is 4.79 Å². The number of rotatable bonds is 8. The standard InChI is InChI=1S/C31H39N5O4/c1-2-32-21-31(40)16-10-9-15-26(31)36-22-33-27(28(36)24-13-7-4-8-14-24)29(37)35-18-17-34(30(38)39)20-25(35)19-23-11-5-3-6-12-23/h3-8,11-14,22,25-26,32,40H,2,9-10,15-21H2,1H3,(H,38,39)/t25-,26?,31?/m1/s1. The van der Waals surface area contributed by atoms with E-state index in [4.69, 9.17) is 4.98 Å². The highest BCUT2D eigenvalue weighted by atomic mass is 16.4. The molecule has 2 amide bonds. The van der Waals surface area contributed by atoms with E-state index >= 15 is 0 Å². The summed E-state index contributed by atoms with van der Waals surface area (Å²) in [6, 6.07) is 19.1. The minimum absolute atomic E-state index is 0.213. The van der Waals surface area contributed by atoms with Gasteiger partial charge in [0.05, 0.1) is 29.7 Å². The Hall–Kier alpha value is -3.69. The maximum Gasteiger partial charge on any atom is 0.407 e. The largest absolute Gasteiger partial charge is 0.465 e. The molecule has 1 aliphatic carbocycles. The number of piperazine rings is 1. The highest BCUT2D eigenvalue weighted by molar-refractivity contribution is 5.98. The van der Waals surface area contributed by atoms with Crippen molar-refractivity contribution in [1.82, 2.24) is 24.7 Å². The van der Waals surface area contributed by atoms with E-state index in [1.807, 2.05) is 72.2 Å². The summed E-state index contributed by atoms with van der Waals surface area (Å²) in [7, 11) is 0. The fourth-order valence-electron chi connectivity index (χ4n) is 6.28. The molecule has 40 heavy (non-hydrogen) atoms. The molecule has 2 heterocycles. The van der Waals surface area contributed by atoms with E-state index in [1.54, 1.807) is 11.2 Å². The molecule has 1 saturated heterocycles. The zero-order chi connectivity index (χ0) is 28.1. The second-order valence-electron chi connectivity index (χ2n) is 10.9. The van der Waals surface area contributed by atoms with Crippen molar-refractivity contribution < 1.29 is 19.8 Å². The van der Waals surface area contributed by atoms with E-state index in [2.05, 4.69) is 5.32 Å². The van der Waals surface area contributed by atoms with Gasteiger partial charge in [-0.2, -0.15) is 0 Å². The van der Waals surface area contributed by atoms with Crippen LogP contribution in [0.2, 0.25) is 0 Å². The molecule has 9 heteroatoms. The first-order valence-corrected chi connectivity index (χ1v) is 14.3. The van der Waals surface area contributed by atoms with Crippen molar-refractivity contribution >= 4 is 12.0 Å². The molecule has 2 aliphatic rings. The number of hydrogen-bond donors (Lipinski definition) is 3.